The fourth-order valence-corrected chi connectivity index (χ4v) is 2.69. The lowest BCUT2D eigenvalue weighted by molar-refractivity contribution is -0.156. The molecule has 1 aliphatic rings. The van der Waals surface area contributed by atoms with Crippen LogP contribution in [0.2, 0.25) is 0 Å². The number of carboxylic acids is 1. The van der Waals surface area contributed by atoms with Crippen LogP contribution in [0.1, 0.15) is 19.4 Å². The Kier molecular flexibility index (Phi) is 5.69. The second kappa shape index (κ2) is 7.04. The second-order valence-electron chi connectivity index (χ2n) is 3.67. The van der Waals surface area contributed by atoms with Crippen molar-refractivity contribution in [3.63, 3.8) is 0 Å². The molecule has 1 aromatic carbocycles. The van der Waals surface area contributed by atoms with Crippen LogP contribution in [0, 0.1) is 0 Å². The Morgan fingerprint density at radius 1 is 1.32 bits per heavy atom. The first-order valence-electron chi connectivity index (χ1n) is 6.05. The first-order valence-corrected chi connectivity index (χ1v) is 7.03. The Bertz CT molecular complexity index is 476. The summed E-state index contributed by atoms with van der Waals surface area (Å²) >= 11 is 1.55. The van der Waals surface area contributed by atoms with Gasteiger partial charge >= 0.3 is 11.9 Å². The molecule has 1 amide bonds. The maximum Gasteiger partial charge on any atom is 0.394 e. The molecule has 0 atom stereocenters. The van der Waals surface area contributed by atoms with E-state index in [1.807, 2.05) is 13.8 Å². The average molecular weight is 283 g/mol. The van der Waals surface area contributed by atoms with Gasteiger partial charge in [0.25, 0.3) is 0 Å². The van der Waals surface area contributed by atoms with Gasteiger partial charge in [0.1, 0.15) is 5.75 Å². The summed E-state index contributed by atoms with van der Waals surface area (Å²) < 4.78 is 0. The zero-order valence-corrected chi connectivity index (χ0v) is 11.7. The molecule has 2 N–H and O–H groups in total. The van der Waals surface area contributed by atoms with Crippen molar-refractivity contribution in [2.45, 2.75) is 25.3 Å². The van der Waals surface area contributed by atoms with E-state index in [1.165, 1.54) is 4.90 Å². The maximum absolute atomic E-state index is 11.4. The van der Waals surface area contributed by atoms with Gasteiger partial charge < -0.3 is 15.1 Å². The monoisotopic (exact) mass is 283 g/mol. The Labute approximate surface area is 116 Å². The Hall–Kier alpha value is -1.69. The number of thioether (sulfide) groups is 1. The SMILES string of the molecule is CC.O=C(O)C(=O)N1CCSc2ccc(O)cc2C1. The summed E-state index contributed by atoms with van der Waals surface area (Å²) in [7, 11) is 0. The largest absolute Gasteiger partial charge is 0.508 e. The molecule has 19 heavy (non-hydrogen) atoms. The molecule has 6 heteroatoms. The number of hydrogen-bond acceptors (Lipinski definition) is 4. The Morgan fingerprint density at radius 2 is 2.00 bits per heavy atom. The van der Waals surface area contributed by atoms with Crippen LogP contribution >= 0.6 is 11.8 Å². The highest BCUT2D eigenvalue weighted by molar-refractivity contribution is 7.99. The molecule has 1 heterocycles. The molecule has 0 aliphatic carbocycles. The molecular weight excluding hydrogens is 266 g/mol. The van der Waals surface area contributed by atoms with E-state index in [9.17, 15) is 14.7 Å². The van der Waals surface area contributed by atoms with Gasteiger partial charge in [0.15, 0.2) is 0 Å². The zero-order chi connectivity index (χ0) is 14.4. The average Bonchev–Trinajstić information content (AvgIpc) is 2.61. The summed E-state index contributed by atoms with van der Waals surface area (Å²) in [6.45, 7) is 4.62. The summed E-state index contributed by atoms with van der Waals surface area (Å²) in [4.78, 5) is 24.3. The highest BCUT2D eigenvalue weighted by Gasteiger charge is 2.24. The molecule has 0 fully saturated rings. The lowest BCUT2D eigenvalue weighted by Gasteiger charge is -2.17. The quantitative estimate of drug-likeness (QED) is 0.711. The topological polar surface area (TPSA) is 77.8 Å². The molecule has 104 valence electrons. The summed E-state index contributed by atoms with van der Waals surface area (Å²) in [5, 5.41) is 18.1. The normalized spacial score (nSPS) is 13.7. The van der Waals surface area contributed by atoms with Crippen molar-refractivity contribution < 1.29 is 19.8 Å². The van der Waals surface area contributed by atoms with Crippen LogP contribution < -0.4 is 0 Å². The molecule has 0 aromatic heterocycles. The first kappa shape index (κ1) is 15.4. The van der Waals surface area contributed by atoms with Crippen molar-refractivity contribution in [1.29, 1.82) is 0 Å². The number of carboxylic acid groups (broad SMARTS) is 1. The van der Waals surface area contributed by atoms with Gasteiger partial charge in [0, 0.05) is 23.7 Å². The molecular formula is C13H17NO4S. The number of phenols is 1. The highest BCUT2D eigenvalue weighted by atomic mass is 32.2. The number of carbonyl (C=O) groups is 2. The summed E-state index contributed by atoms with van der Waals surface area (Å²) in [6, 6.07) is 4.93. The third kappa shape index (κ3) is 3.89. The predicted molar refractivity (Wildman–Crippen MR) is 73.2 cm³/mol. The van der Waals surface area contributed by atoms with E-state index in [-0.39, 0.29) is 12.3 Å². The lowest BCUT2D eigenvalue weighted by atomic mass is 10.2. The number of fused-ring (bicyclic) bond motifs is 1. The van der Waals surface area contributed by atoms with Crippen molar-refractivity contribution in [3.05, 3.63) is 23.8 Å². The number of carbonyl (C=O) groups excluding carboxylic acids is 1. The van der Waals surface area contributed by atoms with Crippen LogP contribution in [0.3, 0.4) is 0 Å². The van der Waals surface area contributed by atoms with Crippen LogP contribution in [-0.4, -0.2) is 39.3 Å². The molecule has 1 aliphatic heterocycles. The number of aliphatic carboxylic acids is 1. The van der Waals surface area contributed by atoms with Gasteiger partial charge in [-0.3, -0.25) is 4.79 Å². The fourth-order valence-electron chi connectivity index (χ4n) is 1.69. The van der Waals surface area contributed by atoms with Crippen LogP contribution in [0.4, 0.5) is 0 Å². The number of amides is 1. The van der Waals surface area contributed by atoms with E-state index in [0.29, 0.717) is 12.3 Å². The van der Waals surface area contributed by atoms with Crippen LogP contribution in [0.25, 0.3) is 0 Å². The van der Waals surface area contributed by atoms with Crippen molar-refractivity contribution >= 4 is 23.6 Å². The second-order valence-corrected chi connectivity index (χ2v) is 4.81. The predicted octanol–water partition coefficient (Wildman–Crippen LogP) is 1.94. The van der Waals surface area contributed by atoms with Gasteiger partial charge in [0.2, 0.25) is 0 Å². The standard InChI is InChI=1S/C11H11NO4S.C2H6/c13-8-1-2-9-7(5-8)6-12(3-4-17-9)10(14)11(15)16;1-2/h1-2,5,13H,3-4,6H2,(H,15,16);1-2H3. The minimum atomic E-state index is -1.45. The summed E-state index contributed by atoms with van der Waals surface area (Å²) in [5.74, 6) is -1.58. The first-order chi connectivity index (χ1) is 9.08. The van der Waals surface area contributed by atoms with Gasteiger partial charge in [-0.1, -0.05) is 13.8 Å². The van der Waals surface area contributed by atoms with Gasteiger partial charge in [-0.2, -0.15) is 0 Å². The lowest BCUT2D eigenvalue weighted by Crippen LogP contribution is -2.36. The van der Waals surface area contributed by atoms with Crippen molar-refractivity contribution in [2.75, 3.05) is 12.3 Å². The number of benzene rings is 1. The molecule has 0 saturated carbocycles. The van der Waals surface area contributed by atoms with Crippen molar-refractivity contribution in [1.82, 2.24) is 4.90 Å². The van der Waals surface area contributed by atoms with Gasteiger partial charge in [-0.05, 0) is 23.8 Å². The Morgan fingerprint density at radius 3 is 2.63 bits per heavy atom. The van der Waals surface area contributed by atoms with E-state index in [4.69, 9.17) is 5.11 Å². The molecule has 0 unspecified atom stereocenters. The Balaban J connectivity index is 0.000000861. The number of hydrogen-bond donors (Lipinski definition) is 2. The zero-order valence-electron chi connectivity index (χ0n) is 10.9. The third-order valence-electron chi connectivity index (χ3n) is 2.49. The smallest absolute Gasteiger partial charge is 0.394 e. The maximum atomic E-state index is 11.4. The molecule has 0 spiro atoms. The third-order valence-corrected chi connectivity index (χ3v) is 3.59. The summed E-state index contributed by atoms with van der Waals surface area (Å²) in [6.07, 6.45) is 0. The van der Waals surface area contributed by atoms with E-state index < -0.39 is 11.9 Å². The number of phenolic OH excluding ortho intramolecular Hbond substituents is 1. The molecule has 0 bridgehead atoms. The number of aromatic hydroxyl groups is 1. The summed E-state index contributed by atoms with van der Waals surface area (Å²) in [5.41, 5.74) is 0.780. The van der Waals surface area contributed by atoms with E-state index in [2.05, 4.69) is 0 Å². The molecule has 0 radical (unpaired) electrons. The fraction of sp³-hybridized carbons (Fsp3) is 0.385. The van der Waals surface area contributed by atoms with Gasteiger partial charge in [-0.25, -0.2) is 4.79 Å². The van der Waals surface area contributed by atoms with Gasteiger partial charge in [-0.15, -0.1) is 11.8 Å². The highest BCUT2D eigenvalue weighted by Crippen LogP contribution is 2.29. The van der Waals surface area contributed by atoms with Crippen LogP contribution in [-0.2, 0) is 16.1 Å². The van der Waals surface area contributed by atoms with Crippen molar-refractivity contribution in [3.8, 4) is 5.75 Å². The van der Waals surface area contributed by atoms with E-state index in [1.54, 1.807) is 30.0 Å². The minimum absolute atomic E-state index is 0.119. The minimum Gasteiger partial charge on any atom is -0.508 e. The van der Waals surface area contributed by atoms with E-state index >= 15 is 0 Å². The van der Waals surface area contributed by atoms with Crippen LogP contribution in [0.15, 0.2) is 23.1 Å². The molecule has 1 aromatic rings. The van der Waals surface area contributed by atoms with E-state index in [0.717, 1.165) is 10.5 Å². The van der Waals surface area contributed by atoms with Crippen molar-refractivity contribution in [2.24, 2.45) is 0 Å². The van der Waals surface area contributed by atoms with Gasteiger partial charge in [0.05, 0.1) is 0 Å². The number of rotatable bonds is 0. The molecule has 5 nitrogen and oxygen atoms in total. The molecule has 2 rings (SSSR count). The molecule has 0 saturated heterocycles. The number of nitrogens with zero attached hydrogens (tertiary/aromatic N) is 1. The van der Waals surface area contributed by atoms with Crippen LogP contribution in [0.5, 0.6) is 5.75 Å².